The molecule has 0 aliphatic carbocycles. The molecule has 23 heavy (non-hydrogen) atoms. The predicted molar refractivity (Wildman–Crippen MR) is 89.6 cm³/mol. The third-order valence-electron chi connectivity index (χ3n) is 3.42. The van der Waals surface area contributed by atoms with Crippen LogP contribution >= 0.6 is 0 Å². The number of nitriles is 1. The molecule has 1 atom stereocenters. The van der Waals surface area contributed by atoms with Crippen LogP contribution in [-0.4, -0.2) is 13.0 Å². The fourth-order valence-corrected chi connectivity index (χ4v) is 2.15. The quantitative estimate of drug-likeness (QED) is 0.679. The minimum Gasteiger partial charge on any atom is -0.497 e. The number of rotatable bonds is 5. The highest BCUT2D eigenvalue weighted by Gasteiger charge is 2.13. The summed E-state index contributed by atoms with van der Waals surface area (Å²) < 4.78 is 5.14. The highest BCUT2D eigenvalue weighted by Crippen LogP contribution is 2.16. The van der Waals surface area contributed by atoms with E-state index in [4.69, 9.17) is 4.74 Å². The van der Waals surface area contributed by atoms with Crippen LogP contribution in [-0.2, 0) is 4.79 Å². The summed E-state index contributed by atoms with van der Waals surface area (Å²) in [5.41, 5.74) is 1.78. The lowest BCUT2D eigenvalue weighted by Crippen LogP contribution is -2.27. The number of nitrogens with zero attached hydrogens (tertiary/aromatic N) is 1. The molecule has 0 saturated carbocycles. The minimum atomic E-state index is -0.397. The van der Waals surface area contributed by atoms with E-state index in [1.807, 2.05) is 55.5 Å². The Morgan fingerprint density at radius 1 is 1.22 bits per heavy atom. The van der Waals surface area contributed by atoms with Gasteiger partial charge in [-0.15, -0.1) is 0 Å². The first kappa shape index (κ1) is 16.3. The number of ether oxygens (including phenoxy) is 1. The first-order valence-electron chi connectivity index (χ1n) is 7.25. The van der Waals surface area contributed by atoms with Crippen LogP contribution in [0.1, 0.15) is 24.1 Å². The summed E-state index contributed by atoms with van der Waals surface area (Å²) in [4.78, 5) is 12.3. The average Bonchev–Trinajstić information content (AvgIpc) is 2.60. The fourth-order valence-electron chi connectivity index (χ4n) is 2.15. The van der Waals surface area contributed by atoms with Crippen molar-refractivity contribution in [3.05, 3.63) is 71.3 Å². The van der Waals surface area contributed by atoms with E-state index in [1.54, 1.807) is 25.3 Å². The first-order chi connectivity index (χ1) is 11.1. The van der Waals surface area contributed by atoms with E-state index in [1.165, 1.54) is 0 Å². The Labute approximate surface area is 136 Å². The van der Waals surface area contributed by atoms with Crippen molar-refractivity contribution in [1.82, 2.24) is 5.32 Å². The second-order valence-electron chi connectivity index (χ2n) is 5.05. The van der Waals surface area contributed by atoms with Gasteiger partial charge in [-0.05, 0) is 36.3 Å². The molecular formula is C19H18N2O2. The molecule has 0 spiro atoms. The number of nitrogens with one attached hydrogen (secondary N) is 1. The van der Waals surface area contributed by atoms with Gasteiger partial charge in [-0.1, -0.05) is 42.5 Å². The van der Waals surface area contributed by atoms with E-state index >= 15 is 0 Å². The fraction of sp³-hybridized carbons (Fsp3) is 0.158. The van der Waals surface area contributed by atoms with E-state index in [0.29, 0.717) is 5.75 Å². The second kappa shape index (κ2) is 7.81. The highest BCUT2D eigenvalue weighted by atomic mass is 16.5. The molecule has 116 valence electrons. The number of benzene rings is 2. The van der Waals surface area contributed by atoms with Crippen LogP contribution in [0.25, 0.3) is 6.08 Å². The molecule has 1 amide bonds. The van der Waals surface area contributed by atoms with Crippen LogP contribution in [0.15, 0.2) is 60.2 Å². The molecule has 4 nitrogen and oxygen atoms in total. The van der Waals surface area contributed by atoms with Crippen LogP contribution in [0.3, 0.4) is 0 Å². The van der Waals surface area contributed by atoms with Gasteiger partial charge in [0.2, 0.25) is 0 Å². The number of carbonyl (C=O) groups excluding carboxylic acids is 1. The summed E-state index contributed by atoms with van der Waals surface area (Å²) in [6, 6.07) is 18.6. The maximum Gasteiger partial charge on any atom is 0.262 e. The minimum absolute atomic E-state index is 0.0565. The Morgan fingerprint density at radius 2 is 1.96 bits per heavy atom. The lowest BCUT2D eigenvalue weighted by molar-refractivity contribution is -0.117. The van der Waals surface area contributed by atoms with Crippen LogP contribution in [0.4, 0.5) is 0 Å². The molecule has 0 aromatic heterocycles. The molecule has 0 aliphatic heterocycles. The van der Waals surface area contributed by atoms with Gasteiger partial charge in [0.05, 0.1) is 13.2 Å². The molecule has 1 N–H and O–H groups in total. The maximum atomic E-state index is 12.3. The largest absolute Gasteiger partial charge is 0.497 e. The SMILES string of the molecule is COc1cccc(/C=C(\C#N)C(=O)N[C@H](C)c2ccccc2)c1. The van der Waals surface area contributed by atoms with Crippen molar-refractivity contribution in [2.24, 2.45) is 0 Å². The van der Waals surface area contributed by atoms with E-state index in [2.05, 4.69) is 5.32 Å². The van der Waals surface area contributed by atoms with Gasteiger partial charge in [0.25, 0.3) is 5.91 Å². The average molecular weight is 306 g/mol. The molecule has 2 rings (SSSR count). The molecule has 4 heteroatoms. The van der Waals surface area contributed by atoms with E-state index in [-0.39, 0.29) is 11.6 Å². The summed E-state index contributed by atoms with van der Waals surface area (Å²) in [6.07, 6.45) is 1.55. The third-order valence-corrected chi connectivity index (χ3v) is 3.42. The zero-order valence-corrected chi connectivity index (χ0v) is 13.1. The van der Waals surface area contributed by atoms with Crippen LogP contribution in [0.2, 0.25) is 0 Å². The number of hydrogen-bond acceptors (Lipinski definition) is 3. The van der Waals surface area contributed by atoms with Crippen LogP contribution in [0, 0.1) is 11.3 Å². The van der Waals surface area contributed by atoms with Gasteiger partial charge >= 0.3 is 0 Å². The molecule has 0 heterocycles. The van der Waals surface area contributed by atoms with E-state index in [0.717, 1.165) is 11.1 Å². The molecule has 0 saturated heterocycles. The lowest BCUT2D eigenvalue weighted by Gasteiger charge is -2.13. The monoisotopic (exact) mass is 306 g/mol. The van der Waals surface area contributed by atoms with Gasteiger partial charge in [-0.2, -0.15) is 5.26 Å². The number of carbonyl (C=O) groups is 1. The molecule has 0 bridgehead atoms. The van der Waals surface area contributed by atoms with Gasteiger partial charge in [0, 0.05) is 0 Å². The second-order valence-corrected chi connectivity index (χ2v) is 5.05. The summed E-state index contributed by atoms with van der Waals surface area (Å²) in [5, 5.41) is 12.1. The summed E-state index contributed by atoms with van der Waals surface area (Å²) in [7, 11) is 1.57. The van der Waals surface area contributed by atoms with E-state index < -0.39 is 5.91 Å². The van der Waals surface area contributed by atoms with Crippen LogP contribution in [0.5, 0.6) is 5.75 Å². The number of hydrogen-bond donors (Lipinski definition) is 1. The zero-order valence-electron chi connectivity index (χ0n) is 13.1. The zero-order chi connectivity index (χ0) is 16.7. The lowest BCUT2D eigenvalue weighted by atomic mass is 10.1. The van der Waals surface area contributed by atoms with Gasteiger partial charge < -0.3 is 10.1 Å². The third kappa shape index (κ3) is 4.45. The van der Waals surface area contributed by atoms with Crippen molar-refractivity contribution in [2.75, 3.05) is 7.11 Å². The molecule has 0 fully saturated rings. The normalized spacial score (nSPS) is 12.1. The van der Waals surface area contributed by atoms with Crippen molar-refractivity contribution in [3.63, 3.8) is 0 Å². The van der Waals surface area contributed by atoms with Gasteiger partial charge in [-0.25, -0.2) is 0 Å². The Bertz CT molecular complexity index is 745. The standard InChI is InChI=1S/C19H18N2O2/c1-14(16-8-4-3-5-9-16)21-19(22)17(13-20)11-15-7-6-10-18(12-15)23-2/h3-12,14H,1-2H3,(H,21,22)/b17-11+/t14-/m1/s1. The summed E-state index contributed by atoms with van der Waals surface area (Å²) >= 11 is 0. The van der Waals surface area contributed by atoms with Gasteiger partial charge in [-0.3, -0.25) is 4.79 Å². The summed E-state index contributed by atoms with van der Waals surface area (Å²) in [6.45, 7) is 1.88. The number of amides is 1. The summed E-state index contributed by atoms with van der Waals surface area (Å²) in [5.74, 6) is 0.278. The molecule has 0 aliphatic rings. The Balaban J connectivity index is 2.15. The van der Waals surface area contributed by atoms with Gasteiger partial charge in [0.15, 0.2) is 0 Å². The van der Waals surface area contributed by atoms with E-state index in [9.17, 15) is 10.1 Å². The Hall–Kier alpha value is -3.06. The molecular weight excluding hydrogens is 288 g/mol. The first-order valence-corrected chi connectivity index (χ1v) is 7.25. The Morgan fingerprint density at radius 3 is 2.61 bits per heavy atom. The van der Waals surface area contributed by atoms with Crippen molar-refractivity contribution < 1.29 is 9.53 Å². The predicted octanol–water partition coefficient (Wildman–Crippen LogP) is 3.48. The number of methoxy groups -OCH3 is 1. The smallest absolute Gasteiger partial charge is 0.262 e. The highest BCUT2D eigenvalue weighted by molar-refractivity contribution is 6.01. The van der Waals surface area contributed by atoms with Crippen molar-refractivity contribution in [2.45, 2.75) is 13.0 Å². The van der Waals surface area contributed by atoms with Crippen molar-refractivity contribution in [1.29, 1.82) is 5.26 Å². The molecule has 0 unspecified atom stereocenters. The molecule has 0 radical (unpaired) electrons. The van der Waals surface area contributed by atoms with Crippen molar-refractivity contribution in [3.8, 4) is 11.8 Å². The molecule has 2 aromatic rings. The van der Waals surface area contributed by atoms with Crippen LogP contribution < -0.4 is 10.1 Å². The van der Waals surface area contributed by atoms with Crippen molar-refractivity contribution >= 4 is 12.0 Å². The maximum absolute atomic E-state index is 12.3. The Kier molecular flexibility index (Phi) is 5.54. The molecule has 2 aromatic carbocycles. The topological polar surface area (TPSA) is 62.1 Å². The van der Waals surface area contributed by atoms with Gasteiger partial charge in [0.1, 0.15) is 17.4 Å².